The average molecular weight is 201 g/mol. The van der Waals surface area contributed by atoms with Crippen LogP contribution in [0.25, 0.3) is 0 Å². The van der Waals surface area contributed by atoms with Crippen molar-refractivity contribution in [1.82, 2.24) is 0 Å². The molecule has 2 nitrogen and oxygen atoms in total. The van der Waals surface area contributed by atoms with Gasteiger partial charge < -0.3 is 10.8 Å². The fourth-order valence-corrected chi connectivity index (χ4v) is 1.67. The first-order valence-corrected chi connectivity index (χ1v) is 5.66. The summed E-state index contributed by atoms with van der Waals surface area (Å²) in [6.45, 7) is 11.4. The van der Waals surface area contributed by atoms with Gasteiger partial charge in [0, 0.05) is 0 Å². The van der Waals surface area contributed by atoms with Crippen molar-refractivity contribution in [3.63, 3.8) is 0 Å². The third-order valence-electron chi connectivity index (χ3n) is 2.81. The van der Waals surface area contributed by atoms with Gasteiger partial charge in [0.15, 0.2) is 0 Å². The number of nitrogens with two attached hydrogens (primary N) is 1. The summed E-state index contributed by atoms with van der Waals surface area (Å²) in [4.78, 5) is 0. The molecule has 0 aromatic heterocycles. The lowest BCUT2D eigenvalue weighted by Crippen LogP contribution is -2.32. The van der Waals surface area contributed by atoms with E-state index >= 15 is 0 Å². The van der Waals surface area contributed by atoms with Crippen LogP contribution in [-0.2, 0) is 0 Å². The van der Waals surface area contributed by atoms with Gasteiger partial charge in [-0.2, -0.15) is 0 Å². The van der Waals surface area contributed by atoms with E-state index in [2.05, 4.69) is 34.6 Å². The lowest BCUT2D eigenvalue weighted by molar-refractivity contribution is 0.0675. The average Bonchev–Trinajstić information content (AvgIpc) is 2.00. The van der Waals surface area contributed by atoms with Crippen molar-refractivity contribution in [3.8, 4) is 0 Å². The first-order chi connectivity index (χ1) is 6.28. The fraction of sp³-hybridized carbons (Fsp3) is 1.00. The lowest BCUT2D eigenvalue weighted by atomic mass is 9.83. The van der Waals surface area contributed by atoms with Crippen LogP contribution < -0.4 is 5.73 Å². The van der Waals surface area contributed by atoms with E-state index in [9.17, 15) is 5.11 Å². The molecule has 0 aliphatic heterocycles. The molecule has 0 fully saturated rings. The molecule has 0 aromatic carbocycles. The van der Waals surface area contributed by atoms with Crippen molar-refractivity contribution >= 4 is 0 Å². The van der Waals surface area contributed by atoms with Gasteiger partial charge in [-0.25, -0.2) is 0 Å². The van der Waals surface area contributed by atoms with Gasteiger partial charge in [0.1, 0.15) is 0 Å². The Bertz CT molecular complexity index is 149. The number of aliphatic hydroxyl groups excluding tert-OH is 1. The van der Waals surface area contributed by atoms with Crippen LogP contribution in [0, 0.1) is 17.3 Å². The van der Waals surface area contributed by atoms with Crippen molar-refractivity contribution in [2.45, 2.75) is 53.6 Å². The van der Waals surface area contributed by atoms with Crippen molar-refractivity contribution in [2.24, 2.45) is 23.0 Å². The molecule has 0 bridgehead atoms. The van der Waals surface area contributed by atoms with Crippen molar-refractivity contribution in [2.75, 3.05) is 6.54 Å². The zero-order valence-corrected chi connectivity index (χ0v) is 10.4. The van der Waals surface area contributed by atoms with E-state index in [4.69, 9.17) is 5.73 Å². The Morgan fingerprint density at radius 3 is 2.00 bits per heavy atom. The molecule has 0 aliphatic carbocycles. The summed E-state index contributed by atoms with van der Waals surface area (Å²) in [7, 11) is 0. The molecule has 0 saturated carbocycles. The Morgan fingerprint density at radius 1 is 1.21 bits per heavy atom. The fourth-order valence-electron chi connectivity index (χ4n) is 1.67. The van der Waals surface area contributed by atoms with E-state index in [-0.39, 0.29) is 12.0 Å². The zero-order chi connectivity index (χ0) is 11.4. The highest BCUT2D eigenvalue weighted by atomic mass is 16.3. The predicted molar refractivity (Wildman–Crippen MR) is 62.1 cm³/mol. The Kier molecular flexibility index (Phi) is 5.68. The Labute approximate surface area is 88.9 Å². The van der Waals surface area contributed by atoms with E-state index in [1.165, 1.54) is 0 Å². The van der Waals surface area contributed by atoms with Crippen molar-refractivity contribution in [1.29, 1.82) is 0 Å². The second-order valence-electron chi connectivity index (χ2n) is 5.81. The number of hydrogen-bond donors (Lipinski definition) is 2. The third-order valence-corrected chi connectivity index (χ3v) is 2.81. The van der Waals surface area contributed by atoms with Gasteiger partial charge in [-0.1, -0.05) is 34.6 Å². The highest BCUT2D eigenvalue weighted by Crippen LogP contribution is 2.25. The van der Waals surface area contributed by atoms with Crippen LogP contribution in [0.1, 0.15) is 47.5 Å². The molecule has 86 valence electrons. The molecule has 0 saturated heterocycles. The normalized spacial score (nSPS) is 17.1. The van der Waals surface area contributed by atoms with Crippen molar-refractivity contribution < 1.29 is 5.11 Å². The standard InChI is InChI=1S/C12H27NO/c1-9(2)10(8-13)11(14)6-7-12(3,4)5/h9-11,14H,6-8,13H2,1-5H3. The summed E-state index contributed by atoms with van der Waals surface area (Å²) in [6.07, 6.45) is 1.68. The number of hydrogen-bond acceptors (Lipinski definition) is 2. The van der Waals surface area contributed by atoms with Crippen LogP contribution in [0.3, 0.4) is 0 Å². The zero-order valence-electron chi connectivity index (χ0n) is 10.4. The summed E-state index contributed by atoms with van der Waals surface area (Å²) >= 11 is 0. The summed E-state index contributed by atoms with van der Waals surface area (Å²) in [5.74, 6) is 0.715. The van der Waals surface area contributed by atoms with Gasteiger partial charge in [0.05, 0.1) is 6.10 Å². The molecule has 0 spiro atoms. The van der Waals surface area contributed by atoms with Gasteiger partial charge in [-0.05, 0) is 36.6 Å². The molecule has 2 unspecified atom stereocenters. The maximum Gasteiger partial charge on any atom is 0.0583 e. The van der Waals surface area contributed by atoms with Gasteiger partial charge in [-0.15, -0.1) is 0 Å². The topological polar surface area (TPSA) is 46.2 Å². The molecule has 2 atom stereocenters. The molecule has 0 aromatic rings. The largest absolute Gasteiger partial charge is 0.393 e. The van der Waals surface area contributed by atoms with Gasteiger partial charge in [0.2, 0.25) is 0 Å². The van der Waals surface area contributed by atoms with E-state index in [1.54, 1.807) is 0 Å². The second kappa shape index (κ2) is 5.72. The molecule has 0 radical (unpaired) electrons. The molecule has 0 heterocycles. The van der Waals surface area contributed by atoms with E-state index in [0.717, 1.165) is 12.8 Å². The molecule has 14 heavy (non-hydrogen) atoms. The molecule has 0 amide bonds. The van der Waals surface area contributed by atoms with Gasteiger partial charge in [-0.3, -0.25) is 0 Å². The first-order valence-electron chi connectivity index (χ1n) is 5.66. The second-order valence-corrected chi connectivity index (χ2v) is 5.81. The molecule has 3 N–H and O–H groups in total. The summed E-state index contributed by atoms with van der Waals surface area (Å²) in [5.41, 5.74) is 5.96. The van der Waals surface area contributed by atoms with Crippen LogP contribution >= 0.6 is 0 Å². The molecular weight excluding hydrogens is 174 g/mol. The molecule has 0 aliphatic rings. The highest BCUT2D eigenvalue weighted by molar-refractivity contribution is 4.75. The minimum absolute atomic E-state index is 0.237. The molecule has 2 heteroatoms. The van der Waals surface area contributed by atoms with E-state index in [1.807, 2.05) is 0 Å². The SMILES string of the molecule is CC(C)C(CN)C(O)CCC(C)(C)C. The van der Waals surface area contributed by atoms with Crippen LogP contribution in [0.4, 0.5) is 0 Å². The van der Waals surface area contributed by atoms with E-state index < -0.39 is 0 Å². The highest BCUT2D eigenvalue weighted by Gasteiger charge is 2.22. The summed E-state index contributed by atoms with van der Waals surface area (Å²) in [5, 5.41) is 9.96. The van der Waals surface area contributed by atoms with Crippen LogP contribution in [0.15, 0.2) is 0 Å². The summed E-state index contributed by atoms with van der Waals surface area (Å²) < 4.78 is 0. The van der Waals surface area contributed by atoms with E-state index in [0.29, 0.717) is 17.9 Å². The quantitative estimate of drug-likeness (QED) is 0.717. The maximum absolute atomic E-state index is 9.96. The minimum Gasteiger partial charge on any atom is -0.393 e. The smallest absolute Gasteiger partial charge is 0.0583 e. The monoisotopic (exact) mass is 201 g/mol. The Balaban J connectivity index is 3.99. The number of rotatable bonds is 5. The Morgan fingerprint density at radius 2 is 1.71 bits per heavy atom. The van der Waals surface area contributed by atoms with Crippen LogP contribution in [-0.4, -0.2) is 17.8 Å². The third kappa shape index (κ3) is 5.61. The van der Waals surface area contributed by atoms with Gasteiger partial charge >= 0.3 is 0 Å². The summed E-state index contributed by atoms with van der Waals surface area (Å²) in [6, 6.07) is 0. The van der Waals surface area contributed by atoms with Crippen molar-refractivity contribution in [3.05, 3.63) is 0 Å². The van der Waals surface area contributed by atoms with Crippen LogP contribution in [0.2, 0.25) is 0 Å². The minimum atomic E-state index is -0.237. The van der Waals surface area contributed by atoms with Gasteiger partial charge in [0.25, 0.3) is 0 Å². The first kappa shape index (κ1) is 13.9. The van der Waals surface area contributed by atoms with Crippen LogP contribution in [0.5, 0.6) is 0 Å². The lowest BCUT2D eigenvalue weighted by Gasteiger charge is -2.27. The Hall–Kier alpha value is -0.0800. The molecule has 0 rings (SSSR count). The molecular formula is C12H27NO. The predicted octanol–water partition coefficient (Wildman–Crippen LogP) is 2.40. The maximum atomic E-state index is 9.96. The number of aliphatic hydroxyl groups is 1.